The zero-order valence-corrected chi connectivity index (χ0v) is 10.6. The number of rotatable bonds is 3. The highest BCUT2D eigenvalue weighted by Crippen LogP contribution is 2.31. The molecular formula is C13H14F3N3. The summed E-state index contributed by atoms with van der Waals surface area (Å²) in [5.74, 6) is 0.451. The van der Waals surface area contributed by atoms with E-state index in [1.54, 1.807) is 19.2 Å². The van der Waals surface area contributed by atoms with E-state index in [2.05, 4.69) is 10.3 Å². The van der Waals surface area contributed by atoms with Crippen LogP contribution in [-0.2, 0) is 6.18 Å². The molecule has 0 spiro atoms. The van der Waals surface area contributed by atoms with Gasteiger partial charge in [0.05, 0.1) is 11.6 Å². The SMILES string of the molecule is CCC(=N[C@@H](C)c1cccc(C(F)(F)F)c1)NC#N. The molecule has 6 heteroatoms. The highest BCUT2D eigenvalue weighted by Gasteiger charge is 2.30. The third-order valence-electron chi connectivity index (χ3n) is 2.58. The number of hydrogen-bond donors (Lipinski definition) is 1. The fraction of sp³-hybridized carbons (Fsp3) is 0.385. The molecule has 0 amide bonds. The standard InChI is InChI=1S/C13H14F3N3/c1-3-12(18-8-17)19-9(2)10-5-4-6-11(7-10)13(14,15)16/h4-7,9H,3H2,1-2H3,(H,18,19)/t9-/m0/s1. The number of aliphatic imine (C=N–C) groups is 1. The summed E-state index contributed by atoms with van der Waals surface area (Å²) >= 11 is 0. The molecule has 1 rings (SSSR count). The second-order valence-electron chi connectivity index (χ2n) is 3.97. The molecule has 0 heterocycles. The van der Waals surface area contributed by atoms with Crippen LogP contribution >= 0.6 is 0 Å². The zero-order valence-electron chi connectivity index (χ0n) is 10.6. The first kappa shape index (κ1) is 15.0. The van der Waals surface area contributed by atoms with Gasteiger partial charge in [-0.1, -0.05) is 19.1 Å². The Balaban J connectivity index is 3.01. The monoisotopic (exact) mass is 269 g/mol. The summed E-state index contributed by atoms with van der Waals surface area (Å²) in [6.45, 7) is 3.49. The van der Waals surface area contributed by atoms with Crippen molar-refractivity contribution in [3.8, 4) is 6.19 Å². The predicted octanol–water partition coefficient (Wildman–Crippen LogP) is 3.65. The molecule has 0 aliphatic rings. The number of halogens is 3. The number of benzene rings is 1. The summed E-state index contributed by atoms with van der Waals surface area (Å²) in [6, 6.07) is 4.59. The average Bonchev–Trinajstić information content (AvgIpc) is 2.37. The molecule has 1 aromatic carbocycles. The maximum absolute atomic E-state index is 12.6. The summed E-state index contributed by atoms with van der Waals surface area (Å²) in [5, 5.41) is 10.9. The molecule has 0 aliphatic carbocycles. The van der Waals surface area contributed by atoms with Crippen LogP contribution in [0.3, 0.4) is 0 Å². The zero-order chi connectivity index (χ0) is 14.5. The van der Waals surface area contributed by atoms with Gasteiger partial charge in [-0.25, -0.2) is 0 Å². The summed E-state index contributed by atoms with van der Waals surface area (Å²) in [7, 11) is 0. The Labute approximate surface area is 109 Å². The number of nitriles is 1. The fourth-order valence-electron chi connectivity index (χ4n) is 1.56. The molecule has 1 atom stereocenters. The molecule has 1 N–H and O–H groups in total. The summed E-state index contributed by atoms with van der Waals surface area (Å²) in [6.07, 6.45) is -2.10. The molecule has 0 unspecified atom stereocenters. The molecule has 0 radical (unpaired) electrons. The minimum Gasteiger partial charge on any atom is -0.281 e. The summed E-state index contributed by atoms with van der Waals surface area (Å²) in [4.78, 5) is 4.19. The Morgan fingerprint density at radius 3 is 2.68 bits per heavy atom. The number of nitrogens with zero attached hydrogens (tertiary/aromatic N) is 2. The molecule has 19 heavy (non-hydrogen) atoms. The number of nitrogens with one attached hydrogen (secondary N) is 1. The molecule has 0 aliphatic heterocycles. The maximum Gasteiger partial charge on any atom is 0.416 e. The lowest BCUT2D eigenvalue weighted by Gasteiger charge is -2.12. The smallest absolute Gasteiger partial charge is 0.281 e. The van der Waals surface area contributed by atoms with Crippen molar-refractivity contribution < 1.29 is 13.2 Å². The predicted molar refractivity (Wildman–Crippen MR) is 66.3 cm³/mol. The van der Waals surface area contributed by atoms with Crippen molar-refractivity contribution in [1.29, 1.82) is 5.26 Å². The van der Waals surface area contributed by atoms with Gasteiger partial charge >= 0.3 is 6.18 Å². The van der Waals surface area contributed by atoms with Crippen LogP contribution in [0, 0.1) is 11.5 Å². The molecule has 0 aromatic heterocycles. The molecule has 102 valence electrons. The highest BCUT2D eigenvalue weighted by atomic mass is 19.4. The van der Waals surface area contributed by atoms with Gasteiger partial charge < -0.3 is 0 Å². The van der Waals surface area contributed by atoms with Crippen molar-refractivity contribution >= 4 is 5.84 Å². The van der Waals surface area contributed by atoms with Crippen molar-refractivity contribution in [2.24, 2.45) is 4.99 Å². The van der Waals surface area contributed by atoms with Crippen LogP contribution in [0.4, 0.5) is 13.2 Å². The molecule has 0 saturated carbocycles. The van der Waals surface area contributed by atoms with Crippen LogP contribution in [0.15, 0.2) is 29.3 Å². The lowest BCUT2D eigenvalue weighted by atomic mass is 10.1. The second kappa shape index (κ2) is 6.23. The van der Waals surface area contributed by atoms with E-state index in [0.29, 0.717) is 17.8 Å². The minimum atomic E-state index is -4.36. The Hall–Kier alpha value is -2.03. The van der Waals surface area contributed by atoms with E-state index >= 15 is 0 Å². The van der Waals surface area contributed by atoms with E-state index in [4.69, 9.17) is 5.26 Å². The van der Waals surface area contributed by atoms with E-state index < -0.39 is 17.8 Å². The maximum atomic E-state index is 12.6. The van der Waals surface area contributed by atoms with Crippen molar-refractivity contribution in [2.45, 2.75) is 32.5 Å². The van der Waals surface area contributed by atoms with E-state index in [1.165, 1.54) is 6.07 Å². The van der Waals surface area contributed by atoms with Crippen molar-refractivity contribution in [1.82, 2.24) is 5.32 Å². The first-order valence-electron chi connectivity index (χ1n) is 5.77. The molecular weight excluding hydrogens is 255 g/mol. The Bertz CT molecular complexity index is 501. The van der Waals surface area contributed by atoms with Crippen LogP contribution in [0.5, 0.6) is 0 Å². The average molecular weight is 269 g/mol. The number of alkyl halides is 3. The van der Waals surface area contributed by atoms with Gasteiger partial charge in [0.2, 0.25) is 0 Å². The van der Waals surface area contributed by atoms with Gasteiger partial charge in [0.1, 0.15) is 5.84 Å². The lowest BCUT2D eigenvalue weighted by Crippen LogP contribution is -2.17. The van der Waals surface area contributed by atoms with E-state index in [0.717, 1.165) is 12.1 Å². The third kappa shape index (κ3) is 4.28. The van der Waals surface area contributed by atoms with E-state index in [-0.39, 0.29) is 0 Å². The van der Waals surface area contributed by atoms with Gasteiger partial charge in [-0.05, 0) is 24.6 Å². The van der Waals surface area contributed by atoms with E-state index in [1.807, 2.05) is 6.92 Å². The van der Waals surface area contributed by atoms with Gasteiger partial charge in [0, 0.05) is 6.42 Å². The van der Waals surface area contributed by atoms with Crippen molar-refractivity contribution in [2.75, 3.05) is 0 Å². The summed E-state index contributed by atoms with van der Waals surface area (Å²) < 4.78 is 37.8. The molecule has 0 saturated heterocycles. The lowest BCUT2D eigenvalue weighted by molar-refractivity contribution is -0.137. The Morgan fingerprint density at radius 1 is 1.47 bits per heavy atom. The topological polar surface area (TPSA) is 48.2 Å². The van der Waals surface area contributed by atoms with Gasteiger partial charge in [-0.3, -0.25) is 10.3 Å². The minimum absolute atomic E-state index is 0.446. The quantitative estimate of drug-likeness (QED) is 0.394. The molecule has 0 bridgehead atoms. The van der Waals surface area contributed by atoms with Crippen LogP contribution in [0.1, 0.15) is 37.4 Å². The number of hydrogen-bond acceptors (Lipinski definition) is 2. The molecule has 1 aromatic rings. The van der Waals surface area contributed by atoms with Gasteiger partial charge in [0.25, 0.3) is 0 Å². The van der Waals surface area contributed by atoms with Gasteiger partial charge in [-0.15, -0.1) is 0 Å². The summed E-state index contributed by atoms with van der Waals surface area (Å²) in [5.41, 5.74) is -0.237. The molecule has 3 nitrogen and oxygen atoms in total. The number of amidine groups is 1. The van der Waals surface area contributed by atoms with E-state index in [9.17, 15) is 13.2 Å². The van der Waals surface area contributed by atoms with Gasteiger partial charge in [-0.2, -0.15) is 18.4 Å². The van der Waals surface area contributed by atoms with Crippen LogP contribution < -0.4 is 5.32 Å². The highest BCUT2D eigenvalue weighted by molar-refractivity contribution is 5.83. The van der Waals surface area contributed by atoms with Gasteiger partial charge in [0.15, 0.2) is 6.19 Å². The fourth-order valence-corrected chi connectivity index (χ4v) is 1.56. The second-order valence-corrected chi connectivity index (χ2v) is 3.97. The third-order valence-corrected chi connectivity index (χ3v) is 2.58. The molecule has 0 fully saturated rings. The van der Waals surface area contributed by atoms with Crippen molar-refractivity contribution in [3.63, 3.8) is 0 Å². The first-order valence-corrected chi connectivity index (χ1v) is 5.77. The van der Waals surface area contributed by atoms with Crippen molar-refractivity contribution in [3.05, 3.63) is 35.4 Å². The van der Waals surface area contributed by atoms with Crippen LogP contribution in [0.25, 0.3) is 0 Å². The largest absolute Gasteiger partial charge is 0.416 e. The van der Waals surface area contributed by atoms with Crippen LogP contribution in [-0.4, -0.2) is 5.84 Å². The van der Waals surface area contributed by atoms with Crippen LogP contribution in [0.2, 0.25) is 0 Å². The Kier molecular flexibility index (Phi) is 4.93. The normalized spacial score (nSPS) is 13.8. The first-order chi connectivity index (χ1) is 8.88. The Morgan fingerprint density at radius 2 is 2.16 bits per heavy atom.